The van der Waals surface area contributed by atoms with E-state index in [0.29, 0.717) is 0 Å². The molecule has 1 aromatic heterocycles. The molecule has 0 bridgehead atoms. The molecule has 0 fully saturated rings. The molecule has 0 N–H and O–H groups in total. The van der Waals surface area contributed by atoms with E-state index >= 15 is 0 Å². The maximum atomic E-state index is 6.16. The van der Waals surface area contributed by atoms with E-state index in [1.807, 2.05) is 18.2 Å². The third-order valence-electron chi connectivity index (χ3n) is 4.18. The molecular weight excluding hydrogens is 274 g/mol. The van der Waals surface area contributed by atoms with Crippen molar-refractivity contribution in [2.75, 3.05) is 20.6 Å². The number of ether oxygens (including phenoxy) is 1. The minimum atomic E-state index is 0.869. The Morgan fingerprint density at radius 2 is 1.95 bits per heavy atom. The average molecular weight is 293 g/mol. The van der Waals surface area contributed by atoms with Crippen LogP contribution in [0, 0.1) is 6.92 Å². The van der Waals surface area contributed by atoms with Crippen LogP contribution in [0.4, 0.5) is 0 Å². The minimum absolute atomic E-state index is 0.869. The first-order chi connectivity index (χ1) is 10.6. The third-order valence-corrected chi connectivity index (χ3v) is 4.18. The van der Waals surface area contributed by atoms with E-state index in [1.54, 1.807) is 0 Å². The highest BCUT2D eigenvalue weighted by Gasteiger charge is 2.25. The molecule has 1 aliphatic heterocycles. The summed E-state index contributed by atoms with van der Waals surface area (Å²) in [6.07, 6.45) is 0. The van der Waals surface area contributed by atoms with Crippen molar-refractivity contribution in [3.05, 3.63) is 42.0 Å². The molecule has 0 spiro atoms. The van der Waals surface area contributed by atoms with Crippen LogP contribution in [-0.4, -0.2) is 35.3 Å². The van der Waals surface area contributed by atoms with Crippen LogP contribution in [0.1, 0.15) is 5.56 Å². The van der Waals surface area contributed by atoms with Gasteiger partial charge in [-0.3, -0.25) is 4.68 Å². The smallest absolute Gasteiger partial charge is 0.142 e. The highest BCUT2D eigenvalue weighted by molar-refractivity contribution is 6.02. The molecule has 0 aliphatic carbocycles. The maximum Gasteiger partial charge on any atom is 0.142 e. The summed E-state index contributed by atoms with van der Waals surface area (Å²) < 4.78 is 8.25. The number of para-hydroxylation sites is 1. The van der Waals surface area contributed by atoms with Gasteiger partial charge in [-0.25, -0.2) is 0 Å². The fourth-order valence-corrected chi connectivity index (χ4v) is 2.99. The molecule has 0 amide bonds. The fraction of sp³-hybridized carbons (Fsp3) is 0.278. The van der Waals surface area contributed by atoms with Crippen molar-refractivity contribution < 1.29 is 4.74 Å². The Labute approximate surface area is 129 Å². The first-order valence-electron chi connectivity index (χ1n) is 7.57. The van der Waals surface area contributed by atoms with Gasteiger partial charge in [0, 0.05) is 12.1 Å². The summed E-state index contributed by atoms with van der Waals surface area (Å²) in [6.45, 7) is 3.92. The lowest BCUT2D eigenvalue weighted by Gasteiger charge is -2.18. The Balaban J connectivity index is 1.97. The number of nitrogens with zero attached hydrogens (tertiary/aromatic N) is 3. The minimum Gasteiger partial charge on any atom is -0.456 e. The van der Waals surface area contributed by atoms with Crippen molar-refractivity contribution in [2.24, 2.45) is 0 Å². The van der Waals surface area contributed by atoms with E-state index in [4.69, 9.17) is 9.84 Å². The van der Waals surface area contributed by atoms with E-state index in [9.17, 15) is 0 Å². The summed E-state index contributed by atoms with van der Waals surface area (Å²) in [4.78, 5) is 2.17. The van der Waals surface area contributed by atoms with Gasteiger partial charge in [0.1, 0.15) is 17.2 Å². The number of aryl methyl sites for hydroxylation is 1. The van der Waals surface area contributed by atoms with Gasteiger partial charge >= 0.3 is 0 Å². The lowest BCUT2D eigenvalue weighted by Crippen LogP contribution is -2.18. The van der Waals surface area contributed by atoms with Gasteiger partial charge in [0.05, 0.1) is 17.4 Å². The largest absolute Gasteiger partial charge is 0.456 e. The molecule has 4 heteroatoms. The first-order valence-corrected chi connectivity index (χ1v) is 7.57. The second-order valence-electron chi connectivity index (χ2n) is 6.08. The zero-order chi connectivity index (χ0) is 15.3. The molecular formula is C18H19N3O. The normalized spacial score (nSPS) is 12.5. The molecule has 0 saturated carbocycles. The molecule has 4 rings (SSSR count). The summed E-state index contributed by atoms with van der Waals surface area (Å²) in [7, 11) is 4.16. The molecule has 0 atom stereocenters. The Bertz CT molecular complexity index is 864. The molecule has 1 aliphatic rings. The zero-order valence-corrected chi connectivity index (χ0v) is 13.1. The molecule has 2 heterocycles. The molecule has 22 heavy (non-hydrogen) atoms. The maximum absolute atomic E-state index is 6.16. The number of benzene rings is 2. The fourth-order valence-electron chi connectivity index (χ4n) is 2.99. The monoisotopic (exact) mass is 293 g/mol. The Morgan fingerprint density at radius 3 is 2.77 bits per heavy atom. The highest BCUT2D eigenvalue weighted by atomic mass is 16.5. The van der Waals surface area contributed by atoms with E-state index < -0.39 is 0 Å². The van der Waals surface area contributed by atoms with Crippen molar-refractivity contribution in [1.82, 2.24) is 14.7 Å². The van der Waals surface area contributed by atoms with Gasteiger partial charge in [0.15, 0.2) is 0 Å². The van der Waals surface area contributed by atoms with E-state index in [-0.39, 0.29) is 0 Å². The van der Waals surface area contributed by atoms with Crippen molar-refractivity contribution in [2.45, 2.75) is 13.5 Å². The Morgan fingerprint density at radius 1 is 1.14 bits per heavy atom. The van der Waals surface area contributed by atoms with Gasteiger partial charge in [-0.05, 0) is 44.8 Å². The van der Waals surface area contributed by atoms with Gasteiger partial charge in [-0.1, -0.05) is 18.2 Å². The zero-order valence-electron chi connectivity index (χ0n) is 13.1. The Hall–Kier alpha value is -2.33. The average Bonchev–Trinajstić information content (AvgIpc) is 2.88. The van der Waals surface area contributed by atoms with Crippen LogP contribution in [0.15, 0.2) is 36.4 Å². The molecule has 0 saturated heterocycles. The van der Waals surface area contributed by atoms with Gasteiger partial charge in [0.2, 0.25) is 0 Å². The first kappa shape index (κ1) is 13.3. The topological polar surface area (TPSA) is 30.3 Å². The number of hydrogen-bond acceptors (Lipinski definition) is 3. The summed E-state index contributed by atoms with van der Waals surface area (Å²) in [6, 6.07) is 12.4. The highest BCUT2D eigenvalue weighted by Crippen LogP contribution is 2.47. The van der Waals surface area contributed by atoms with Crippen LogP contribution in [0.3, 0.4) is 0 Å². The van der Waals surface area contributed by atoms with Crippen LogP contribution in [0.5, 0.6) is 11.5 Å². The number of aromatic nitrogens is 2. The Kier molecular flexibility index (Phi) is 2.94. The van der Waals surface area contributed by atoms with Crippen molar-refractivity contribution in [3.63, 3.8) is 0 Å². The second-order valence-corrected chi connectivity index (χ2v) is 6.08. The van der Waals surface area contributed by atoms with Crippen molar-refractivity contribution in [1.29, 1.82) is 0 Å². The summed E-state index contributed by atoms with van der Waals surface area (Å²) in [5.74, 6) is 1.84. The van der Waals surface area contributed by atoms with E-state index in [1.165, 1.54) is 0 Å². The lowest BCUT2D eigenvalue weighted by atomic mass is 10.0. The van der Waals surface area contributed by atoms with E-state index in [2.05, 4.69) is 48.8 Å². The molecule has 2 aromatic carbocycles. The van der Waals surface area contributed by atoms with Gasteiger partial charge in [-0.2, -0.15) is 5.10 Å². The number of rotatable bonds is 3. The number of fused-ring (bicyclic) bond motifs is 2. The van der Waals surface area contributed by atoms with E-state index in [0.717, 1.165) is 52.3 Å². The molecule has 3 aromatic rings. The summed E-state index contributed by atoms with van der Waals surface area (Å²) >= 11 is 0. The van der Waals surface area contributed by atoms with Crippen LogP contribution in [-0.2, 0) is 6.54 Å². The quantitative estimate of drug-likeness (QED) is 0.577. The summed E-state index contributed by atoms with van der Waals surface area (Å²) in [5, 5.41) is 6.02. The lowest BCUT2D eigenvalue weighted by molar-refractivity contribution is 0.377. The number of hydrogen-bond donors (Lipinski definition) is 0. The van der Waals surface area contributed by atoms with Crippen LogP contribution < -0.4 is 4.74 Å². The van der Waals surface area contributed by atoms with Crippen LogP contribution >= 0.6 is 0 Å². The van der Waals surface area contributed by atoms with Crippen LogP contribution in [0.2, 0.25) is 0 Å². The predicted molar refractivity (Wildman–Crippen MR) is 88.5 cm³/mol. The number of likely N-dealkylation sites (N-methyl/N-ethyl adjacent to an activating group) is 1. The van der Waals surface area contributed by atoms with Crippen molar-refractivity contribution >= 4 is 10.9 Å². The molecule has 112 valence electrons. The van der Waals surface area contributed by atoms with Crippen LogP contribution in [0.25, 0.3) is 22.2 Å². The molecule has 4 nitrogen and oxygen atoms in total. The predicted octanol–water partition coefficient (Wildman–Crippen LogP) is 3.68. The van der Waals surface area contributed by atoms with Gasteiger partial charge in [0.25, 0.3) is 0 Å². The standard InChI is InChI=1S/C18H19N3O/c1-12-8-9-14-16-17(19-21(14)11-10-20(2)3)13-6-4-5-7-15(13)22-18(12)16/h4-9H,10-11H2,1-3H3. The van der Waals surface area contributed by atoms with Gasteiger partial charge < -0.3 is 9.64 Å². The van der Waals surface area contributed by atoms with Gasteiger partial charge in [-0.15, -0.1) is 0 Å². The third kappa shape index (κ3) is 1.91. The van der Waals surface area contributed by atoms with Crippen molar-refractivity contribution in [3.8, 4) is 22.8 Å². The summed E-state index contributed by atoms with van der Waals surface area (Å²) in [5.41, 5.74) is 4.41. The molecule has 0 unspecified atom stereocenters. The second kappa shape index (κ2) is 4.85. The molecule has 0 radical (unpaired) electrons. The SMILES string of the molecule is Cc1ccc2c3c(nn2CCN(C)C)-c2ccccc2Oc13.